The predicted molar refractivity (Wildman–Crippen MR) is 69.7 cm³/mol. The normalized spacial score (nSPS) is 12.7. The van der Waals surface area contributed by atoms with Crippen LogP contribution in [0.3, 0.4) is 0 Å². The number of thiazole rings is 1. The third-order valence-electron chi connectivity index (χ3n) is 2.25. The SMILES string of the molecule is CC(O)c1cnc(Cc2ccc(Br)cc2)s1. The van der Waals surface area contributed by atoms with Crippen LogP contribution in [-0.4, -0.2) is 10.1 Å². The van der Waals surface area contributed by atoms with Gasteiger partial charge in [-0.2, -0.15) is 0 Å². The van der Waals surface area contributed by atoms with E-state index in [2.05, 4.69) is 33.0 Å². The van der Waals surface area contributed by atoms with Crippen LogP contribution < -0.4 is 0 Å². The maximum absolute atomic E-state index is 9.40. The molecule has 0 fully saturated rings. The number of rotatable bonds is 3. The molecular weight excluding hydrogens is 286 g/mol. The largest absolute Gasteiger partial charge is 0.388 e. The highest BCUT2D eigenvalue weighted by molar-refractivity contribution is 9.10. The van der Waals surface area contributed by atoms with Crippen molar-refractivity contribution < 1.29 is 5.11 Å². The third-order valence-corrected chi connectivity index (χ3v) is 3.95. The highest BCUT2D eigenvalue weighted by Gasteiger charge is 2.07. The van der Waals surface area contributed by atoms with Crippen molar-refractivity contribution in [3.8, 4) is 0 Å². The van der Waals surface area contributed by atoms with Crippen LogP contribution in [0.15, 0.2) is 34.9 Å². The Balaban J connectivity index is 2.11. The monoisotopic (exact) mass is 297 g/mol. The molecule has 0 radical (unpaired) electrons. The second kappa shape index (κ2) is 5.08. The molecule has 1 N–H and O–H groups in total. The van der Waals surface area contributed by atoms with E-state index in [1.807, 2.05) is 12.1 Å². The number of nitrogens with zero attached hydrogens (tertiary/aromatic N) is 1. The van der Waals surface area contributed by atoms with E-state index in [0.717, 1.165) is 20.8 Å². The molecule has 1 atom stereocenters. The number of aliphatic hydroxyl groups excluding tert-OH is 1. The lowest BCUT2D eigenvalue weighted by Gasteiger charge is -1.98. The Labute approximate surface area is 107 Å². The van der Waals surface area contributed by atoms with Gasteiger partial charge in [-0.05, 0) is 24.6 Å². The minimum atomic E-state index is -0.420. The summed E-state index contributed by atoms with van der Waals surface area (Å²) in [7, 11) is 0. The highest BCUT2D eigenvalue weighted by Crippen LogP contribution is 2.22. The van der Waals surface area contributed by atoms with E-state index in [1.165, 1.54) is 5.56 Å². The zero-order valence-electron chi connectivity index (χ0n) is 8.85. The predicted octanol–water partition coefficient (Wildman–Crippen LogP) is 3.55. The topological polar surface area (TPSA) is 33.1 Å². The summed E-state index contributed by atoms with van der Waals surface area (Å²) in [6.45, 7) is 1.76. The van der Waals surface area contributed by atoms with Crippen LogP contribution in [0.4, 0.5) is 0 Å². The summed E-state index contributed by atoms with van der Waals surface area (Å²) >= 11 is 4.98. The van der Waals surface area contributed by atoms with Crippen LogP contribution in [-0.2, 0) is 6.42 Å². The molecule has 0 saturated carbocycles. The molecule has 16 heavy (non-hydrogen) atoms. The van der Waals surface area contributed by atoms with Crippen LogP contribution in [0.25, 0.3) is 0 Å². The minimum absolute atomic E-state index is 0.420. The van der Waals surface area contributed by atoms with E-state index >= 15 is 0 Å². The van der Waals surface area contributed by atoms with Gasteiger partial charge in [0, 0.05) is 17.1 Å². The fraction of sp³-hybridized carbons (Fsp3) is 0.250. The van der Waals surface area contributed by atoms with Crippen molar-refractivity contribution in [1.29, 1.82) is 0 Å². The Morgan fingerprint density at radius 2 is 2.06 bits per heavy atom. The number of aromatic nitrogens is 1. The summed E-state index contributed by atoms with van der Waals surface area (Å²) in [5.74, 6) is 0. The standard InChI is InChI=1S/C12H12BrNOS/c1-8(15)11-7-14-12(16-11)6-9-2-4-10(13)5-3-9/h2-5,7-8,15H,6H2,1H3. The molecule has 0 saturated heterocycles. The zero-order chi connectivity index (χ0) is 11.5. The molecule has 0 bridgehead atoms. The minimum Gasteiger partial charge on any atom is -0.388 e. The summed E-state index contributed by atoms with van der Waals surface area (Å²) < 4.78 is 1.08. The van der Waals surface area contributed by atoms with E-state index in [-0.39, 0.29) is 0 Å². The first-order chi connectivity index (χ1) is 7.65. The van der Waals surface area contributed by atoms with E-state index < -0.39 is 6.10 Å². The lowest BCUT2D eigenvalue weighted by atomic mass is 10.2. The first-order valence-corrected chi connectivity index (χ1v) is 6.63. The summed E-state index contributed by atoms with van der Waals surface area (Å²) in [6, 6.07) is 8.21. The second-order valence-electron chi connectivity index (χ2n) is 3.64. The Bertz CT molecular complexity index is 464. The molecule has 0 amide bonds. The fourth-order valence-electron chi connectivity index (χ4n) is 1.38. The van der Waals surface area contributed by atoms with Gasteiger partial charge in [-0.1, -0.05) is 28.1 Å². The maximum atomic E-state index is 9.40. The Kier molecular flexibility index (Phi) is 3.74. The van der Waals surface area contributed by atoms with Crippen LogP contribution in [0.5, 0.6) is 0 Å². The van der Waals surface area contributed by atoms with E-state index in [4.69, 9.17) is 0 Å². The summed E-state index contributed by atoms with van der Waals surface area (Å²) in [4.78, 5) is 5.23. The van der Waals surface area contributed by atoms with Crippen molar-refractivity contribution in [2.75, 3.05) is 0 Å². The molecule has 2 nitrogen and oxygen atoms in total. The molecule has 1 aromatic heterocycles. The van der Waals surface area contributed by atoms with Gasteiger partial charge in [-0.25, -0.2) is 4.98 Å². The molecule has 0 aliphatic heterocycles. The Morgan fingerprint density at radius 3 is 2.62 bits per heavy atom. The Morgan fingerprint density at radius 1 is 1.38 bits per heavy atom. The molecule has 2 aromatic rings. The summed E-state index contributed by atoms with van der Waals surface area (Å²) in [6.07, 6.45) is 2.16. The quantitative estimate of drug-likeness (QED) is 0.940. The van der Waals surface area contributed by atoms with Crippen LogP contribution in [0.1, 0.15) is 28.5 Å². The first-order valence-electron chi connectivity index (χ1n) is 5.02. The van der Waals surface area contributed by atoms with E-state index in [1.54, 1.807) is 24.5 Å². The maximum Gasteiger partial charge on any atom is 0.0972 e. The first kappa shape index (κ1) is 11.8. The van der Waals surface area contributed by atoms with Crippen LogP contribution in [0, 0.1) is 0 Å². The fourth-order valence-corrected chi connectivity index (χ4v) is 2.53. The van der Waals surface area contributed by atoms with Gasteiger partial charge in [0.1, 0.15) is 0 Å². The molecule has 84 valence electrons. The molecule has 4 heteroatoms. The average Bonchev–Trinajstić information content (AvgIpc) is 2.70. The lowest BCUT2D eigenvalue weighted by Crippen LogP contribution is -1.85. The van der Waals surface area contributed by atoms with Gasteiger partial charge in [0.2, 0.25) is 0 Å². The highest BCUT2D eigenvalue weighted by atomic mass is 79.9. The van der Waals surface area contributed by atoms with Gasteiger partial charge < -0.3 is 5.11 Å². The van der Waals surface area contributed by atoms with Gasteiger partial charge in [0.25, 0.3) is 0 Å². The van der Waals surface area contributed by atoms with Crippen molar-refractivity contribution in [2.45, 2.75) is 19.4 Å². The van der Waals surface area contributed by atoms with Crippen LogP contribution >= 0.6 is 27.3 Å². The van der Waals surface area contributed by atoms with Crippen molar-refractivity contribution in [3.63, 3.8) is 0 Å². The summed E-state index contributed by atoms with van der Waals surface area (Å²) in [5, 5.41) is 10.4. The molecule has 1 unspecified atom stereocenters. The lowest BCUT2D eigenvalue weighted by molar-refractivity contribution is 0.203. The van der Waals surface area contributed by atoms with Crippen molar-refractivity contribution >= 4 is 27.3 Å². The molecular formula is C12H12BrNOS. The van der Waals surface area contributed by atoms with Crippen molar-refractivity contribution in [1.82, 2.24) is 4.98 Å². The van der Waals surface area contributed by atoms with E-state index in [0.29, 0.717) is 0 Å². The van der Waals surface area contributed by atoms with Crippen LogP contribution in [0.2, 0.25) is 0 Å². The van der Waals surface area contributed by atoms with Gasteiger partial charge in [-0.3, -0.25) is 0 Å². The molecule has 0 spiro atoms. The Hall–Kier alpha value is -0.710. The second-order valence-corrected chi connectivity index (χ2v) is 5.70. The number of aliphatic hydroxyl groups is 1. The van der Waals surface area contributed by atoms with Gasteiger partial charge in [0.15, 0.2) is 0 Å². The number of hydrogen-bond donors (Lipinski definition) is 1. The number of benzene rings is 1. The molecule has 2 rings (SSSR count). The molecule has 0 aliphatic carbocycles. The number of halogens is 1. The number of hydrogen-bond acceptors (Lipinski definition) is 3. The smallest absolute Gasteiger partial charge is 0.0972 e. The summed E-state index contributed by atoms with van der Waals surface area (Å²) in [5.41, 5.74) is 1.23. The van der Waals surface area contributed by atoms with Crippen molar-refractivity contribution in [2.24, 2.45) is 0 Å². The van der Waals surface area contributed by atoms with E-state index in [9.17, 15) is 5.11 Å². The van der Waals surface area contributed by atoms with Crippen molar-refractivity contribution in [3.05, 3.63) is 50.4 Å². The third kappa shape index (κ3) is 2.90. The van der Waals surface area contributed by atoms with Gasteiger partial charge >= 0.3 is 0 Å². The zero-order valence-corrected chi connectivity index (χ0v) is 11.3. The molecule has 1 aromatic carbocycles. The average molecular weight is 298 g/mol. The van der Waals surface area contributed by atoms with Gasteiger partial charge in [0.05, 0.1) is 16.0 Å². The molecule has 0 aliphatic rings. The van der Waals surface area contributed by atoms with Gasteiger partial charge in [-0.15, -0.1) is 11.3 Å². The molecule has 1 heterocycles.